The van der Waals surface area contributed by atoms with E-state index in [1.807, 2.05) is 0 Å². The second-order valence-electron chi connectivity index (χ2n) is 10.1. The molecule has 0 saturated heterocycles. The maximum atomic E-state index is 14.2. The van der Waals surface area contributed by atoms with Crippen molar-refractivity contribution in [3.8, 4) is 23.0 Å². The SMILES string of the molecule is O=C(Nc1cc(Oc2ccc(F)cc2)cc(Oc2ccc(F)cc2)c1)c1nn2c(c1Br)N[C@H](c1ccccc1)C[C@H]2C(F)(F)F. The number of ether oxygens (including phenoxy) is 2. The van der Waals surface area contributed by atoms with Gasteiger partial charge in [0.1, 0.15) is 40.5 Å². The monoisotopic (exact) mass is 684 g/mol. The smallest absolute Gasteiger partial charge is 0.410 e. The minimum Gasteiger partial charge on any atom is -0.457 e. The number of fused-ring (bicyclic) bond motifs is 1. The minimum atomic E-state index is -4.64. The van der Waals surface area contributed by atoms with E-state index in [4.69, 9.17) is 9.47 Å². The molecule has 13 heteroatoms. The van der Waals surface area contributed by atoms with E-state index in [0.29, 0.717) is 5.56 Å². The van der Waals surface area contributed by atoms with Crippen molar-refractivity contribution in [3.05, 3.63) is 124 Å². The fourth-order valence-electron chi connectivity index (χ4n) is 4.87. The van der Waals surface area contributed by atoms with Crippen molar-refractivity contribution in [2.24, 2.45) is 0 Å². The Morgan fingerprint density at radius 1 is 0.844 bits per heavy atom. The molecule has 0 fully saturated rings. The molecule has 1 aliphatic rings. The van der Waals surface area contributed by atoms with Crippen molar-refractivity contribution in [2.75, 3.05) is 10.6 Å². The van der Waals surface area contributed by atoms with Crippen LogP contribution in [0.25, 0.3) is 0 Å². The maximum Gasteiger partial charge on any atom is 0.410 e. The number of nitrogens with zero attached hydrogens (tertiary/aromatic N) is 2. The number of rotatable bonds is 7. The molecule has 2 heterocycles. The Kier molecular flexibility index (Phi) is 8.19. The molecule has 230 valence electrons. The highest BCUT2D eigenvalue weighted by molar-refractivity contribution is 9.10. The number of benzene rings is 4. The van der Waals surface area contributed by atoms with E-state index in [1.54, 1.807) is 30.3 Å². The Hall–Kier alpha value is -4.91. The number of halogens is 6. The number of nitrogens with one attached hydrogen (secondary N) is 2. The molecule has 0 aliphatic carbocycles. The lowest BCUT2D eigenvalue weighted by Crippen LogP contribution is -2.35. The van der Waals surface area contributed by atoms with E-state index >= 15 is 0 Å². The molecule has 0 radical (unpaired) electrons. The van der Waals surface area contributed by atoms with E-state index in [-0.39, 0.29) is 51.1 Å². The molecule has 0 bridgehead atoms. The lowest BCUT2D eigenvalue weighted by Gasteiger charge is -2.33. The predicted molar refractivity (Wildman–Crippen MR) is 160 cm³/mol. The van der Waals surface area contributed by atoms with E-state index in [1.165, 1.54) is 66.7 Å². The quantitative estimate of drug-likeness (QED) is 0.167. The van der Waals surface area contributed by atoms with Crippen molar-refractivity contribution in [2.45, 2.75) is 24.7 Å². The number of amides is 1. The molecular weight excluding hydrogens is 663 g/mol. The van der Waals surface area contributed by atoms with Crippen molar-refractivity contribution in [1.29, 1.82) is 0 Å². The molecule has 0 saturated carbocycles. The van der Waals surface area contributed by atoms with Gasteiger partial charge in [0, 0.05) is 30.3 Å². The molecule has 0 spiro atoms. The third-order valence-corrected chi connectivity index (χ3v) is 7.70. The summed E-state index contributed by atoms with van der Waals surface area (Å²) in [6.07, 6.45) is -4.97. The number of aromatic nitrogens is 2. The summed E-state index contributed by atoms with van der Waals surface area (Å²) >= 11 is 3.29. The highest BCUT2D eigenvalue weighted by Gasteiger charge is 2.47. The fourth-order valence-corrected chi connectivity index (χ4v) is 5.42. The average Bonchev–Trinajstić information content (AvgIpc) is 3.35. The fraction of sp³-hybridized carbons (Fsp3) is 0.125. The van der Waals surface area contributed by atoms with Crippen LogP contribution in [-0.4, -0.2) is 21.9 Å². The number of hydrogen-bond acceptors (Lipinski definition) is 5. The van der Waals surface area contributed by atoms with Crippen LogP contribution in [0.5, 0.6) is 23.0 Å². The first-order valence-corrected chi connectivity index (χ1v) is 14.3. The van der Waals surface area contributed by atoms with Gasteiger partial charge in [0.2, 0.25) is 0 Å². The first-order valence-electron chi connectivity index (χ1n) is 13.5. The largest absolute Gasteiger partial charge is 0.457 e. The Labute approximate surface area is 261 Å². The molecule has 2 atom stereocenters. The van der Waals surface area contributed by atoms with Crippen LogP contribution in [0, 0.1) is 11.6 Å². The molecular formula is C32H22BrF5N4O3. The minimum absolute atomic E-state index is 0.0105. The normalized spacial score (nSPS) is 16.0. The average molecular weight is 685 g/mol. The summed E-state index contributed by atoms with van der Waals surface area (Å²) in [4.78, 5) is 13.5. The van der Waals surface area contributed by atoms with E-state index in [0.717, 1.165) is 4.68 Å². The van der Waals surface area contributed by atoms with Crippen molar-refractivity contribution in [3.63, 3.8) is 0 Å². The molecule has 0 unspecified atom stereocenters. The first kappa shape index (κ1) is 30.1. The second kappa shape index (κ2) is 12.2. The van der Waals surface area contributed by atoms with Gasteiger partial charge in [0.25, 0.3) is 5.91 Å². The molecule has 5 aromatic rings. The van der Waals surface area contributed by atoms with Crippen molar-refractivity contribution < 1.29 is 36.2 Å². The van der Waals surface area contributed by atoms with Crippen molar-refractivity contribution >= 4 is 33.3 Å². The molecule has 7 nitrogen and oxygen atoms in total. The van der Waals surface area contributed by atoms with Gasteiger partial charge in [-0.2, -0.15) is 18.3 Å². The third-order valence-electron chi connectivity index (χ3n) is 6.95. The second-order valence-corrected chi connectivity index (χ2v) is 10.9. The van der Waals surface area contributed by atoms with Gasteiger partial charge in [-0.3, -0.25) is 4.79 Å². The Bertz CT molecular complexity index is 1770. The third kappa shape index (κ3) is 6.78. The molecule has 4 aromatic carbocycles. The highest BCUT2D eigenvalue weighted by Crippen LogP contribution is 2.46. The predicted octanol–water partition coefficient (Wildman–Crippen LogP) is 9.42. The summed E-state index contributed by atoms with van der Waals surface area (Å²) in [6.45, 7) is 0. The number of carbonyl (C=O) groups excluding carboxylic acids is 1. The highest BCUT2D eigenvalue weighted by atomic mass is 79.9. The van der Waals surface area contributed by atoms with Gasteiger partial charge >= 0.3 is 6.18 Å². The van der Waals surface area contributed by atoms with Gasteiger partial charge in [-0.1, -0.05) is 30.3 Å². The Morgan fingerprint density at radius 3 is 1.93 bits per heavy atom. The van der Waals surface area contributed by atoms with Crippen LogP contribution in [0.1, 0.15) is 34.6 Å². The van der Waals surface area contributed by atoms with Gasteiger partial charge in [-0.05, 0) is 70.0 Å². The number of alkyl halides is 3. The van der Waals surface area contributed by atoms with E-state index in [2.05, 4.69) is 31.7 Å². The van der Waals surface area contributed by atoms with Gasteiger partial charge in [0.15, 0.2) is 11.7 Å². The number of hydrogen-bond donors (Lipinski definition) is 2. The summed E-state index contributed by atoms with van der Waals surface area (Å²) < 4.78 is 82.0. The van der Waals surface area contributed by atoms with Crippen LogP contribution >= 0.6 is 15.9 Å². The Balaban J connectivity index is 1.31. The zero-order valence-electron chi connectivity index (χ0n) is 23.0. The van der Waals surface area contributed by atoms with Gasteiger partial charge in [-0.25, -0.2) is 13.5 Å². The molecule has 1 amide bonds. The maximum absolute atomic E-state index is 14.2. The van der Waals surface area contributed by atoms with Crippen molar-refractivity contribution in [1.82, 2.24) is 9.78 Å². The first-order chi connectivity index (χ1) is 21.5. The topological polar surface area (TPSA) is 77.4 Å². The van der Waals surface area contributed by atoms with Crippen LogP contribution < -0.4 is 20.1 Å². The summed E-state index contributed by atoms with van der Waals surface area (Å²) in [7, 11) is 0. The molecule has 1 aliphatic heterocycles. The van der Waals surface area contributed by atoms with Gasteiger partial charge < -0.3 is 20.1 Å². The summed E-state index contributed by atoms with van der Waals surface area (Å²) in [5.41, 5.74) is 0.521. The van der Waals surface area contributed by atoms with E-state index < -0.39 is 35.8 Å². The van der Waals surface area contributed by atoms with Crippen LogP contribution in [0.15, 0.2) is 102 Å². The number of carbonyl (C=O) groups is 1. The van der Waals surface area contributed by atoms with E-state index in [9.17, 15) is 26.7 Å². The Morgan fingerprint density at radius 2 is 1.40 bits per heavy atom. The summed E-state index contributed by atoms with van der Waals surface area (Å²) in [6, 6.07) is 20.9. The molecule has 2 N–H and O–H groups in total. The molecule has 45 heavy (non-hydrogen) atoms. The molecule has 1 aromatic heterocycles. The lowest BCUT2D eigenvalue weighted by molar-refractivity contribution is -0.173. The summed E-state index contributed by atoms with van der Waals surface area (Å²) in [5.74, 6) is -0.785. The zero-order chi connectivity index (χ0) is 31.7. The number of anilines is 2. The van der Waals surface area contributed by atoms with Crippen LogP contribution in [0.2, 0.25) is 0 Å². The van der Waals surface area contributed by atoms with Crippen LogP contribution in [0.3, 0.4) is 0 Å². The standard InChI is InChI=1S/C32H22BrF5N4O3/c33-28-29(41-42-27(32(36,37)38)17-26(40-30(28)42)18-4-2-1-3-5-18)31(43)39-21-14-24(44-22-10-6-19(34)7-11-22)16-25(15-21)45-23-12-8-20(35)9-13-23/h1-16,26-27,40H,17H2,(H,39,43)/t26-,27-/m0/s1. The summed E-state index contributed by atoms with van der Waals surface area (Å²) in [5, 5.41) is 9.79. The van der Waals surface area contributed by atoms with Gasteiger partial charge in [-0.15, -0.1) is 0 Å². The lowest BCUT2D eigenvalue weighted by atomic mass is 9.97. The van der Waals surface area contributed by atoms with Crippen LogP contribution in [-0.2, 0) is 0 Å². The van der Waals surface area contributed by atoms with Crippen LogP contribution in [0.4, 0.5) is 33.5 Å². The zero-order valence-corrected chi connectivity index (χ0v) is 24.6. The molecule has 6 rings (SSSR count). The van der Waals surface area contributed by atoms with Gasteiger partial charge in [0.05, 0.1) is 10.5 Å².